The largest absolute Gasteiger partial charge is 0.394 e. The molecule has 0 radical (unpaired) electrons. The number of hydrogen-bond donors (Lipinski definition) is 2. The topological polar surface area (TPSA) is 58.7 Å². The Morgan fingerprint density at radius 1 is 1.68 bits per heavy atom. The van der Waals surface area contributed by atoms with Gasteiger partial charge in [0.25, 0.3) is 0 Å². The summed E-state index contributed by atoms with van der Waals surface area (Å²) in [5.41, 5.74) is 6.20. The highest BCUT2D eigenvalue weighted by Gasteiger charge is 2.34. The van der Waals surface area contributed by atoms with Gasteiger partial charge in [0.2, 0.25) is 0 Å². The first-order chi connectivity index (χ1) is 9.02. The summed E-state index contributed by atoms with van der Waals surface area (Å²) in [6.07, 6.45) is -0.110. The van der Waals surface area contributed by atoms with Gasteiger partial charge in [-0.25, -0.2) is 0 Å². The summed E-state index contributed by atoms with van der Waals surface area (Å²) in [7, 11) is 0. The Morgan fingerprint density at radius 2 is 2.42 bits per heavy atom. The lowest BCUT2D eigenvalue weighted by Crippen LogP contribution is -2.53. The summed E-state index contributed by atoms with van der Waals surface area (Å²) < 4.78 is 6.70. The molecule has 2 rings (SSSR count). The third-order valence-corrected chi connectivity index (χ3v) is 5.26. The fourth-order valence-electron chi connectivity index (χ4n) is 2.54. The summed E-state index contributed by atoms with van der Waals surface area (Å²) in [5.74, 6) is 0. The van der Waals surface area contributed by atoms with Crippen molar-refractivity contribution in [1.29, 1.82) is 0 Å². The second-order valence-corrected chi connectivity index (χ2v) is 7.01. The van der Waals surface area contributed by atoms with Crippen LogP contribution < -0.4 is 5.73 Å². The van der Waals surface area contributed by atoms with Gasteiger partial charge in [-0.2, -0.15) is 0 Å². The molecule has 0 aromatic carbocycles. The van der Waals surface area contributed by atoms with Crippen LogP contribution in [0.25, 0.3) is 0 Å². The van der Waals surface area contributed by atoms with E-state index in [0.717, 1.165) is 11.0 Å². The van der Waals surface area contributed by atoms with Crippen LogP contribution in [0, 0.1) is 0 Å². The monoisotopic (exact) mass is 348 g/mol. The molecule has 1 saturated heterocycles. The Bertz CT molecular complexity index is 413. The van der Waals surface area contributed by atoms with Crippen molar-refractivity contribution in [2.75, 3.05) is 19.8 Å². The van der Waals surface area contributed by atoms with Crippen LogP contribution in [0.3, 0.4) is 0 Å². The van der Waals surface area contributed by atoms with Crippen molar-refractivity contribution in [1.82, 2.24) is 4.90 Å². The zero-order valence-electron chi connectivity index (χ0n) is 11.3. The number of nitrogens with two attached hydrogens (primary N) is 1. The average molecular weight is 349 g/mol. The minimum Gasteiger partial charge on any atom is -0.394 e. The summed E-state index contributed by atoms with van der Waals surface area (Å²) in [6, 6.07) is 2.64. The van der Waals surface area contributed by atoms with E-state index in [1.807, 2.05) is 6.92 Å². The second kappa shape index (κ2) is 6.65. The lowest BCUT2D eigenvalue weighted by molar-refractivity contribution is -0.0936. The lowest BCUT2D eigenvalue weighted by Gasteiger charge is -2.43. The van der Waals surface area contributed by atoms with Crippen molar-refractivity contribution < 1.29 is 9.84 Å². The van der Waals surface area contributed by atoms with Crippen molar-refractivity contribution in [2.24, 2.45) is 5.73 Å². The number of aliphatic hydroxyl groups excluding tert-OH is 1. The standard InChI is InChI=1S/C13H21BrN2O2S/c1-8-6-18-11(5-17)4-16(8)13(9(2)15)12-3-10(14)7-19-12/h3,7-9,11,13,17H,4-6,15H2,1-2H3. The number of halogens is 1. The number of hydrogen-bond acceptors (Lipinski definition) is 5. The van der Waals surface area contributed by atoms with Gasteiger partial charge in [0.1, 0.15) is 0 Å². The molecule has 1 aliphatic rings. The minimum absolute atomic E-state index is 0.0328. The first-order valence-corrected chi connectivity index (χ1v) is 8.18. The van der Waals surface area contributed by atoms with Gasteiger partial charge in [-0.05, 0) is 35.8 Å². The van der Waals surface area contributed by atoms with E-state index < -0.39 is 0 Å². The van der Waals surface area contributed by atoms with Gasteiger partial charge < -0.3 is 15.6 Å². The summed E-state index contributed by atoms with van der Waals surface area (Å²) in [4.78, 5) is 3.61. The third kappa shape index (κ3) is 3.56. The molecule has 1 aromatic rings. The van der Waals surface area contributed by atoms with Gasteiger partial charge in [0.05, 0.1) is 25.4 Å². The normalized spacial score (nSPS) is 28.3. The number of ether oxygens (including phenoxy) is 1. The van der Waals surface area contributed by atoms with Crippen LogP contribution in [0.4, 0.5) is 0 Å². The molecular formula is C13H21BrN2O2S. The molecule has 108 valence electrons. The molecule has 4 nitrogen and oxygen atoms in total. The van der Waals surface area contributed by atoms with Crippen LogP contribution in [0.1, 0.15) is 24.8 Å². The van der Waals surface area contributed by atoms with E-state index in [1.54, 1.807) is 11.3 Å². The van der Waals surface area contributed by atoms with Gasteiger partial charge in [-0.1, -0.05) is 0 Å². The Labute approximate surface area is 126 Å². The number of aliphatic hydroxyl groups is 1. The molecule has 0 saturated carbocycles. The average Bonchev–Trinajstić information content (AvgIpc) is 2.78. The number of rotatable bonds is 4. The molecule has 0 amide bonds. The molecule has 1 aromatic heterocycles. The molecule has 2 heterocycles. The minimum atomic E-state index is -0.110. The predicted molar refractivity (Wildman–Crippen MR) is 81.4 cm³/mol. The summed E-state index contributed by atoms with van der Waals surface area (Å²) in [6.45, 7) is 5.60. The number of morpholine rings is 1. The molecule has 1 fully saturated rings. The first-order valence-electron chi connectivity index (χ1n) is 6.50. The zero-order valence-corrected chi connectivity index (χ0v) is 13.7. The smallest absolute Gasteiger partial charge is 0.0933 e. The molecule has 0 bridgehead atoms. The van der Waals surface area contributed by atoms with E-state index in [1.165, 1.54) is 4.88 Å². The Morgan fingerprint density at radius 3 is 2.95 bits per heavy atom. The van der Waals surface area contributed by atoms with E-state index >= 15 is 0 Å². The van der Waals surface area contributed by atoms with E-state index in [4.69, 9.17) is 10.5 Å². The zero-order chi connectivity index (χ0) is 14.0. The highest BCUT2D eigenvalue weighted by molar-refractivity contribution is 9.10. The molecule has 19 heavy (non-hydrogen) atoms. The number of thiophene rings is 1. The Balaban J connectivity index is 2.22. The maximum absolute atomic E-state index is 9.30. The fourth-order valence-corrected chi connectivity index (χ4v) is 4.22. The van der Waals surface area contributed by atoms with Gasteiger partial charge in [-0.3, -0.25) is 4.90 Å². The van der Waals surface area contributed by atoms with Crippen LogP contribution in [0.5, 0.6) is 0 Å². The Hall–Kier alpha value is 0.0200. The van der Waals surface area contributed by atoms with Crippen LogP contribution in [-0.2, 0) is 4.74 Å². The van der Waals surface area contributed by atoms with Crippen LogP contribution >= 0.6 is 27.3 Å². The molecule has 1 aliphatic heterocycles. The number of nitrogens with zero attached hydrogens (tertiary/aromatic N) is 1. The van der Waals surface area contributed by atoms with Crippen molar-refractivity contribution in [3.05, 3.63) is 20.8 Å². The fraction of sp³-hybridized carbons (Fsp3) is 0.692. The molecule has 3 N–H and O–H groups in total. The summed E-state index contributed by atoms with van der Waals surface area (Å²) in [5, 5.41) is 11.4. The first kappa shape index (κ1) is 15.4. The quantitative estimate of drug-likeness (QED) is 0.873. The predicted octanol–water partition coefficient (Wildman–Crippen LogP) is 1.98. The van der Waals surface area contributed by atoms with Gasteiger partial charge in [-0.15, -0.1) is 11.3 Å². The van der Waals surface area contributed by atoms with Gasteiger partial charge in [0.15, 0.2) is 0 Å². The highest BCUT2D eigenvalue weighted by Crippen LogP contribution is 2.34. The maximum atomic E-state index is 9.30. The van der Waals surface area contributed by atoms with E-state index in [0.29, 0.717) is 12.6 Å². The molecular weight excluding hydrogens is 328 g/mol. The van der Waals surface area contributed by atoms with Crippen molar-refractivity contribution in [3.8, 4) is 0 Å². The van der Waals surface area contributed by atoms with Crippen molar-refractivity contribution in [3.63, 3.8) is 0 Å². The van der Waals surface area contributed by atoms with Crippen LogP contribution in [0.2, 0.25) is 0 Å². The molecule has 6 heteroatoms. The van der Waals surface area contributed by atoms with Crippen LogP contribution in [0.15, 0.2) is 15.9 Å². The molecule has 4 atom stereocenters. The SMILES string of the molecule is CC(N)C(c1cc(Br)cs1)N1CC(CO)OCC1C. The highest BCUT2D eigenvalue weighted by atomic mass is 79.9. The van der Waals surface area contributed by atoms with Crippen LogP contribution in [-0.4, -0.2) is 48.0 Å². The summed E-state index contributed by atoms with van der Waals surface area (Å²) >= 11 is 5.22. The molecule has 0 aliphatic carbocycles. The second-order valence-electron chi connectivity index (χ2n) is 5.15. The van der Waals surface area contributed by atoms with Gasteiger partial charge in [0, 0.05) is 33.4 Å². The van der Waals surface area contributed by atoms with Crippen molar-refractivity contribution >= 4 is 27.3 Å². The third-order valence-electron chi connectivity index (χ3n) is 3.49. The lowest BCUT2D eigenvalue weighted by atomic mass is 10.0. The Kier molecular flexibility index (Phi) is 5.39. The van der Waals surface area contributed by atoms with E-state index in [9.17, 15) is 5.11 Å². The van der Waals surface area contributed by atoms with Gasteiger partial charge >= 0.3 is 0 Å². The van der Waals surface area contributed by atoms with Crippen molar-refractivity contribution in [2.45, 2.75) is 38.1 Å². The van der Waals surface area contributed by atoms with E-state index in [2.05, 4.69) is 39.2 Å². The maximum Gasteiger partial charge on any atom is 0.0933 e. The molecule has 0 spiro atoms. The molecule has 4 unspecified atom stereocenters. The van der Waals surface area contributed by atoms with E-state index in [-0.39, 0.29) is 24.8 Å².